The molecule has 0 saturated carbocycles. The third kappa shape index (κ3) is 61.2. The molecule has 0 aromatic heterocycles. The van der Waals surface area contributed by atoms with Crippen LogP contribution in [0.3, 0.4) is 0 Å². The molecular weight excluding hydrogens is 923 g/mol. The van der Waals surface area contributed by atoms with Gasteiger partial charge in [0.15, 0.2) is 0 Å². The molecule has 0 radical (unpaired) electrons. The molecule has 3 N–H and O–H groups in total. The first-order chi connectivity index (χ1) is 37.0. The van der Waals surface area contributed by atoms with Crippen LogP contribution in [0, 0.1) is 0 Å². The Balaban J connectivity index is 3.41. The Labute approximate surface area is 468 Å². The summed E-state index contributed by atoms with van der Waals surface area (Å²) < 4.78 is 5.50. The molecule has 0 fully saturated rings. The monoisotopic (exact) mass is 1050 g/mol. The van der Waals surface area contributed by atoms with Gasteiger partial charge in [-0.1, -0.05) is 326 Å². The number of hydrogen-bond acceptors (Lipinski definition) is 5. The third-order valence-corrected chi connectivity index (χ3v) is 15.7. The van der Waals surface area contributed by atoms with Gasteiger partial charge in [0.05, 0.1) is 25.4 Å². The van der Waals surface area contributed by atoms with Crippen LogP contribution in [0.4, 0.5) is 0 Å². The smallest absolute Gasteiger partial charge is 0.305 e. The second-order valence-electron chi connectivity index (χ2n) is 23.2. The quantitative estimate of drug-likeness (QED) is 0.0320. The lowest BCUT2D eigenvalue weighted by Crippen LogP contribution is -2.45. The Bertz CT molecular complexity index is 1210. The van der Waals surface area contributed by atoms with Gasteiger partial charge in [-0.2, -0.15) is 0 Å². The summed E-state index contributed by atoms with van der Waals surface area (Å²) in [6.45, 7) is 4.90. The van der Waals surface area contributed by atoms with Crippen molar-refractivity contribution in [3.05, 3.63) is 36.5 Å². The number of esters is 1. The number of hydrogen-bond donors (Lipinski definition) is 3. The molecule has 442 valence electrons. The Hall–Kier alpha value is -1.92. The minimum absolute atomic E-state index is 0.00667. The number of aliphatic hydroxyl groups excluding tert-OH is 2. The minimum Gasteiger partial charge on any atom is -0.466 e. The van der Waals surface area contributed by atoms with E-state index >= 15 is 0 Å². The third-order valence-electron chi connectivity index (χ3n) is 15.7. The van der Waals surface area contributed by atoms with Gasteiger partial charge in [0.2, 0.25) is 5.91 Å². The van der Waals surface area contributed by atoms with Crippen LogP contribution < -0.4 is 5.32 Å². The fourth-order valence-corrected chi connectivity index (χ4v) is 10.5. The molecule has 0 aliphatic carbocycles. The standard InChI is InChI=1S/C69H131NO5/c1-3-5-7-9-11-13-15-17-19-21-25-29-33-37-41-45-49-53-57-61-67(72)66(65-71)70-68(73)62-58-54-50-46-42-38-34-30-27-23-24-28-32-36-40-44-48-52-56-60-64-75-69(74)63-59-55-51-47-43-39-35-31-26-22-20-18-16-14-12-10-8-6-4-2/h12,14,18,20,57,61,66-67,71-72H,3-11,13,15-17,19,21-56,58-60,62-65H2,1-2H3,(H,70,73)/b14-12-,20-18-,61-57+. The summed E-state index contributed by atoms with van der Waals surface area (Å²) in [4.78, 5) is 24.6. The number of aliphatic hydroxyl groups is 2. The highest BCUT2D eigenvalue weighted by molar-refractivity contribution is 5.76. The number of rotatable bonds is 63. The van der Waals surface area contributed by atoms with Crippen molar-refractivity contribution in [1.29, 1.82) is 0 Å². The number of allylic oxidation sites excluding steroid dienone is 5. The van der Waals surface area contributed by atoms with E-state index in [1.54, 1.807) is 6.08 Å². The fourth-order valence-electron chi connectivity index (χ4n) is 10.5. The summed E-state index contributed by atoms with van der Waals surface area (Å²) >= 11 is 0. The Kier molecular flexibility index (Phi) is 63.0. The lowest BCUT2D eigenvalue weighted by atomic mass is 10.0. The molecule has 2 atom stereocenters. The first kappa shape index (κ1) is 73.1. The van der Waals surface area contributed by atoms with E-state index in [4.69, 9.17) is 4.74 Å². The van der Waals surface area contributed by atoms with Crippen LogP contribution in [-0.4, -0.2) is 47.4 Å². The second kappa shape index (κ2) is 64.6. The van der Waals surface area contributed by atoms with Crippen molar-refractivity contribution in [2.24, 2.45) is 0 Å². The predicted molar refractivity (Wildman–Crippen MR) is 329 cm³/mol. The highest BCUT2D eigenvalue weighted by Gasteiger charge is 2.18. The minimum atomic E-state index is -0.847. The lowest BCUT2D eigenvalue weighted by molar-refractivity contribution is -0.143. The van der Waals surface area contributed by atoms with E-state index < -0.39 is 12.1 Å². The first-order valence-corrected chi connectivity index (χ1v) is 33.8. The van der Waals surface area contributed by atoms with Gasteiger partial charge < -0.3 is 20.3 Å². The van der Waals surface area contributed by atoms with Crippen molar-refractivity contribution in [3.8, 4) is 0 Å². The Morgan fingerprint density at radius 1 is 0.373 bits per heavy atom. The Morgan fingerprint density at radius 2 is 0.667 bits per heavy atom. The van der Waals surface area contributed by atoms with Gasteiger partial charge in [0.1, 0.15) is 0 Å². The molecule has 6 nitrogen and oxygen atoms in total. The van der Waals surface area contributed by atoms with Gasteiger partial charge in [-0.15, -0.1) is 0 Å². The molecule has 0 aromatic rings. The summed E-state index contributed by atoms with van der Waals surface area (Å²) in [5.74, 6) is -0.0603. The maximum Gasteiger partial charge on any atom is 0.305 e. The lowest BCUT2D eigenvalue weighted by Gasteiger charge is -2.20. The van der Waals surface area contributed by atoms with Crippen LogP contribution in [0.15, 0.2) is 36.5 Å². The molecule has 2 unspecified atom stereocenters. The van der Waals surface area contributed by atoms with E-state index in [9.17, 15) is 19.8 Å². The average Bonchev–Trinajstić information content (AvgIpc) is 3.41. The normalized spacial score (nSPS) is 12.7. The zero-order chi connectivity index (χ0) is 54.3. The summed E-state index contributed by atoms with van der Waals surface area (Å²) in [5, 5.41) is 23.2. The molecular formula is C69H131NO5. The van der Waals surface area contributed by atoms with Gasteiger partial charge in [-0.25, -0.2) is 0 Å². The molecule has 0 bridgehead atoms. The molecule has 0 aromatic carbocycles. The van der Waals surface area contributed by atoms with E-state index in [1.165, 1.54) is 289 Å². The van der Waals surface area contributed by atoms with Crippen LogP contribution in [-0.2, 0) is 14.3 Å². The molecule has 0 aliphatic rings. The molecule has 0 saturated heterocycles. The average molecular weight is 1050 g/mol. The maximum absolute atomic E-state index is 12.5. The molecule has 75 heavy (non-hydrogen) atoms. The highest BCUT2D eigenvalue weighted by atomic mass is 16.5. The molecule has 1 amide bonds. The zero-order valence-corrected chi connectivity index (χ0v) is 50.5. The van der Waals surface area contributed by atoms with Crippen LogP contribution >= 0.6 is 0 Å². The number of unbranched alkanes of at least 4 members (excludes halogenated alkanes) is 48. The van der Waals surface area contributed by atoms with E-state index in [2.05, 4.69) is 43.5 Å². The topological polar surface area (TPSA) is 95.9 Å². The SMILES string of the molecule is CCCCC/C=C\C/C=C\CCCCCCCCCCCC(=O)OCCCCCCCCCCCCCCCCCCCCCCC(=O)NC(CO)C(O)/C=C/CCCCCCCCCCCCCCCCCCC. The van der Waals surface area contributed by atoms with Gasteiger partial charge in [-0.3, -0.25) is 9.59 Å². The maximum atomic E-state index is 12.5. The van der Waals surface area contributed by atoms with Crippen LogP contribution in [0.25, 0.3) is 0 Å². The summed E-state index contributed by atoms with van der Waals surface area (Å²) in [6.07, 6.45) is 82.0. The van der Waals surface area contributed by atoms with Gasteiger partial charge in [0.25, 0.3) is 0 Å². The fraction of sp³-hybridized carbons (Fsp3) is 0.884. The van der Waals surface area contributed by atoms with E-state index in [1.807, 2.05) is 6.08 Å². The molecule has 6 heteroatoms. The van der Waals surface area contributed by atoms with Crippen molar-refractivity contribution in [3.63, 3.8) is 0 Å². The summed E-state index contributed by atoms with van der Waals surface area (Å²) in [7, 11) is 0. The van der Waals surface area contributed by atoms with Gasteiger partial charge >= 0.3 is 5.97 Å². The number of ether oxygens (including phenoxy) is 1. The van der Waals surface area contributed by atoms with Crippen LogP contribution in [0.5, 0.6) is 0 Å². The van der Waals surface area contributed by atoms with E-state index in [-0.39, 0.29) is 18.5 Å². The number of carbonyl (C=O) groups is 2. The van der Waals surface area contributed by atoms with Crippen molar-refractivity contribution < 1.29 is 24.5 Å². The van der Waals surface area contributed by atoms with Crippen molar-refractivity contribution in [1.82, 2.24) is 5.32 Å². The summed E-state index contributed by atoms with van der Waals surface area (Å²) in [5.41, 5.74) is 0. The molecule has 0 aliphatic heterocycles. The van der Waals surface area contributed by atoms with Crippen LogP contribution in [0.1, 0.15) is 367 Å². The number of nitrogens with one attached hydrogen (secondary N) is 1. The first-order valence-electron chi connectivity index (χ1n) is 33.8. The second-order valence-corrected chi connectivity index (χ2v) is 23.2. The van der Waals surface area contributed by atoms with E-state index in [0.717, 1.165) is 51.4 Å². The predicted octanol–water partition coefficient (Wildman–Crippen LogP) is 21.5. The van der Waals surface area contributed by atoms with Gasteiger partial charge in [-0.05, 0) is 64.2 Å². The zero-order valence-electron chi connectivity index (χ0n) is 50.5. The van der Waals surface area contributed by atoms with E-state index in [0.29, 0.717) is 19.4 Å². The van der Waals surface area contributed by atoms with Crippen molar-refractivity contribution in [2.75, 3.05) is 13.2 Å². The summed E-state index contributed by atoms with van der Waals surface area (Å²) in [6, 6.07) is -0.630. The van der Waals surface area contributed by atoms with Crippen LogP contribution in [0.2, 0.25) is 0 Å². The molecule has 0 heterocycles. The largest absolute Gasteiger partial charge is 0.466 e. The highest BCUT2D eigenvalue weighted by Crippen LogP contribution is 2.18. The van der Waals surface area contributed by atoms with Crippen molar-refractivity contribution in [2.45, 2.75) is 379 Å². The molecule has 0 rings (SSSR count). The van der Waals surface area contributed by atoms with Gasteiger partial charge in [0, 0.05) is 12.8 Å². The molecule has 0 spiro atoms. The van der Waals surface area contributed by atoms with Crippen molar-refractivity contribution >= 4 is 11.9 Å². The number of carbonyl (C=O) groups excluding carboxylic acids is 2. The Morgan fingerprint density at radius 3 is 1.04 bits per heavy atom. The number of amides is 1.